The molecule has 1 aromatic heterocycles. The van der Waals surface area contributed by atoms with Crippen molar-refractivity contribution in [3.8, 4) is 0 Å². The van der Waals surface area contributed by atoms with Crippen molar-refractivity contribution in [2.24, 2.45) is 0 Å². The maximum Gasteiger partial charge on any atom is 0.139 e. The van der Waals surface area contributed by atoms with Crippen molar-refractivity contribution in [3.05, 3.63) is 57.4 Å². The normalized spacial score (nSPS) is 12.7. The minimum atomic E-state index is 0.0293. The molecule has 1 N–H and O–H groups in total. The predicted octanol–water partition coefficient (Wildman–Crippen LogP) is 4.00. The van der Waals surface area contributed by atoms with Crippen LogP contribution in [0.4, 0.5) is 0 Å². The molecule has 4 heteroatoms. The van der Waals surface area contributed by atoms with Crippen LogP contribution >= 0.6 is 27.5 Å². The second kappa shape index (κ2) is 5.04. The van der Waals surface area contributed by atoms with Crippen LogP contribution in [0.25, 0.3) is 0 Å². The van der Waals surface area contributed by atoms with Crippen LogP contribution in [0, 0.1) is 0 Å². The molecule has 0 spiro atoms. The third kappa shape index (κ3) is 2.32. The van der Waals surface area contributed by atoms with Crippen LogP contribution in [0.2, 0.25) is 5.02 Å². The van der Waals surface area contributed by atoms with Gasteiger partial charge in [-0.2, -0.15) is 0 Å². The molecular formula is C12H11BrClNO. The molecule has 16 heavy (non-hydrogen) atoms. The van der Waals surface area contributed by atoms with Gasteiger partial charge in [-0.15, -0.1) is 0 Å². The zero-order valence-electron chi connectivity index (χ0n) is 8.71. The summed E-state index contributed by atoms with van der Waals surface area (Å²) in [6.45, 7) is 0. The summed E-state index contributed by atoms with van der Waals surface area (Å²) in [5.74, 6) is 0.866. The van der Waals surface area contributed by atoms with Gasteiger partial charge < -0.3 is 9.73 Å². The van der Waals surface area contributed by atoms with E-state index in [1.165, 1.54) is 0 Å². The molecule has 2 aromatic rings. The van der Waals surface area contributed by atoms with Gasteiger partial charge in [-0.3, -0.25) is 0 Å². The summed E-state index contributed by atoms with van der Waals surface area (Å²) in [5, 5.41) is 3.95. The molecule has 0 fully saturated rings. The summed E-state index contributed by atoms with van der Waals surface area (Å²) in [4.78, 5) is 0. The number of benzene rings is 1. The molecule has 0 radical (unpaired) electrons. The van der Waals surface area contributed by atoms with Crippen LogP contribution in [-0.4, -0.2) is 7.05 Å². The molecule has 0 amide bonds. The van der Waals surface area contributed by atoms with Crippen molar-refractivity contribution in [1.82, 2.24) is 5.32 Å². The van der Waals surface area contributed by atoms with Crippen LogP contribution in [-0.2, 0) is 0 Å². The fourth-order valence-corrected chi connectivity index (χ4v) is 2.17. The Hall–Kier alpha value is -0.770. The van der Waals surface area contributed by atoms with Crippen LogP contribution in [0.15, 0.2) is 45.5 Å². The van der Waals surface area contributed by atoms with E-state index in [1.54, 1.807) is 6.26 Å². The van der Waals surface area contributed by atoms with E-state index >= 15 is 0 Å². The SMILES string of the molecule is CNC(c1ccc(Cl)cc1)c1occc1Br. The van der Waals surface area contributed by atoms with Gasteiger partial charge in [0.15, 0.2) is 0 Å². The first-order valence-electron chi connectivity index (χ1n) is 4.88. The van der Waals surface area contributed by atoms with E-state index in [9.17, 15) is 0 Å². The molecule has 0 aliphatic carbocycles. The van der Waals surface area contributed by atoms with Gasteiger partial charge in [0.05, 0.1) is 16.8 Å². The average Bonchev–Trinajstić information content (AvgIpc) is 2.69. The molecule has 2 nitrogen and oxygen atoms in total. The Labute approximate surface area is 108 Å². The van der Waals surface area contributed by atoms with Gasteiger partial charge in [-0.1, -0.05) is 23.7 Å². The average molecular weight is 301 g/mol. The third-order valence-corrected chi connectivity index (χ3v) is 3.31. The molecule has 1 aromatic carbocycles. The maximum absolute atomic E-state index is 5.86. The van der Waals surface area contributed by atoms with E-state index in [0.29, 0.717) is 0 Å². The highest BCUT2D eigenvalue weighted by molar-refractivity contribution is 9.10. The fourth-order valence-electron chi connectivity index (χ4n) is 1.62. The monoisotopic (exact) mass is 299 g/mol. The van der Waals surface area contributed by atoms with Crippen LogP contribution in [0.1, 0.15) is 17.4 Å². The lowest BCUT2D eigenvalue weighted by Gasteiger charge is -2.14. The molecule has 0 aliphatic rings. The van der Waals surface area contributed by atoms with Crippen molar-refractivity contribution in [3.63, 3.8) is 0 Å². The Balaban J connectivity index is 2.37. The minimum absolute atomic E-state index is 0.0293. The molecule has 0 saturated heterocycles. The van der Waals surface area contributed by atoms with Crippen LogP contribution < -0.4 is 5.32 Å². The fraction of sp³-hybridized carbons (Fsp3) is 0.167. The van der Waals surface area contributed by atoms with E-state index in [1.807, 2.05) is 37.4 Å². The molecule has 1 unspecified atom stereocenters. The summed E-state index contributed by atoms with van der Waals surface area (Å²) in [6, 6.07) is 9.63. The van der Waals surface area contributed by atoms with E-state index in [4.69, 9.17) is 16.0 Å². The summed E-state index contributed by atoms with van der Waals surface area (Å²) in [7, 11) is 1.90. The molecular weight excluding hydrogens is 289 g/mol. The highest BCUT2D eigenvalue weighted by atomic mass is 79.9. The topological polar surface area (TPSA) is 25.2 Å². The lowest BCUT2D eigenvalue weighted by atomic mass is 10.1. The predicted molar refractivity (Wildman–Crippen MR) is 68.8 cm³/mol. The van der Waals surface area contributed by atoms with Gasteiger partial charge in [0.25, 0.3) is 0 Å². The number of nitrogens with one attached hydrogen (secondary N) is 1. The molecule has 2 rings (SSSR count). The summed E-state index contributed by atoms with van der Waals surface area (Å²) >= 11 is 9.32. The molecule has 0 aliphatic heterocycles. The lowest BCUT2D eigenvalue weighted by Crippen LogP contribution is -2.17. The molecule has 84 valence electrons. The minimum Gasteiger partial charge on any atom is -0.466 e. The van der Waals surface area contributed by atoms with Gasteiger partial charge in [0.2, 0.25) is 0 Å². The van der Waals surface area contributed by atoms with Gasteiger partial charge in [-0.05, 0) is 46.7 Å². The Kier molecular flexibility index (Phi) is 3.69. The van der Waals surface area contributed by atoms with Gasteiger partial charge in [0.1, 0.15) is 5.76 Å². The highest BCUT2D eigenvalue weighted by Gasteiger charge is 2.17. The van der Waals surface area contributed by atoms with E-state index in [0.717, 1.165) is 20.8 Å². The van der Waals surface area contributed by atoms with Gasteiger partial charge >= 0.3 is 0 Å². The first kappa shape index (κ1) is 11.7. The number of hydrogen-bond donors (Lipinski definition) is 1. The summed E-state index contributed by atoms with van der Waals surface area (Å²) in [6.07, 6.45) is 1.67. The van der Waals surface area contributed by atoms with E-state index < -0.39 is 0 Å². The zero-order chi connectivity index (χ0) is 11.5. The second-order valence-corrected chi connectivity index (χ2v) is 4.70. The van der Waals surface area contributed by atoms with Gasteiger partial charge in [0, 0.05) is 5.02 Å². The Morgan fingerprint density at radius 1 is 1.25 bits per heavy atom. The standard InChI is InChI=1S/C12H11BrClNO/c1-15-11(12-10(13)6-7-16-12)8-2-4-9(14)5-3-8/h2-7,11,15H,1H3. The molecule has 1 atom stereocenters. The lowest BCUT2D eigenvalue weighted by molar-refractivity contribution is 0.461. The Morgan fingerprint density at radius 2 is 1.94 bits per heavy atom. The molecule has 1 heterocycles. The van der Waals surface area contributed by atoms with Crippen molar-refractivity contribution in [1.29, 1.82) is 0 Å². The van der Waals surface area contributed by atoms with Crippen LogP contribution in [0.3, 0.4) is 0 Å². The summed E-state index contributed by atoms with van der Waals surface area (Å²) < 4.78 is 6.42. The largest absolute Gasteiger partial charge is 0.466 e. The van der Waals surface area contributed by atoms with Gasteiger partial charge in [-0.25, -0.2) is 0 Å². The quantitative estimate of drug-likeness (QED) is 0.926. The first-order valence-corrected chi connectivity index (χ1v) is 6.05. The number of furan rings is 1. The van der Waals surface area contributed by atoms with Crippen molar-refractivity contribution >= 4 is 27.5 Å². The molecule has 0 saturated carbocycles. The van der Waals surface area contributed by atoms with Crippen molar-refractivity contribution in [2.75, 3.05) is 7.05 Å². The number of hydrogen-bond acceptors (Lipinski definition) is 2. The first-order chi connectivity index (χ1) is 7.72. The second-order valence-electron chi connectivity index (χ2n) is 3.41. The Morgan fingerprint density at radius 3 is 2.44 bits per heavy atom. The van der Waals surface area contributed by atoms with Crippen molar-refractivity contribution < 1.29 is 4.42 Å². The highest BCUT2D eigenvalue weighted by Crippen LogP contribution is 2.29. The maximum atomic E-state index is 5.86. The smallest absolute Gasteiger partial charge is 0.139 e. The third-order valence-electron chi connectivity index (χ3n) is 2.40. The summed E-state index contributed by atoms with van der Waals surface area (Å²) in [5.41, 5.74) is 1.11. The zero-order valence-corrected chi connectivity index (χ0v) is 11.0. The van der Waals surface area contributed by atoms with Crippen molar-refractivity contribution in [2.45, 2.75) is 6.04 Å². The molecule has 0 bridgehead atoms. The van der Waals surface area contributed by atoms with E-state index in [-0.39, 0.29) is 6.04 Å². The van der Waals surface area contributed by atoms with E-state index in [2.05, 4.69) is 21.2 Å². The number of halogens is 2. The van der Waals surface area contributed by atoms with Crippen LogP contribution in [0.5, 0.6) is 0 Å². The number of rotatable bonds is 3. The Bertz CT molecular complexity index is 466.